The van der Waals surface area contributed by atoms with E-state index in [1.165, 1.54) is 15.6 Å². The van der Waals surface area contributed by atoms with Crippen molar-refractivity contribution in [2.45, 2.75) is 20.3 Å². The predicted molar refractivity (Wildman–Crippen MR) is 79.9 cm³/mol. The molecule has 1 aromatic heterocycles. The molecule has 1 heterocycles. The molecule has 2 rings (SSSR count). The third-order valence-electron chi connectivity index (χ3n) is 3.08. The smallest absolute Gasteiger partial charge is 0.222 e. The lowest BCUT2D eigenvalue weighted by molar-refractivity contribution is -0.123. The summed E-state index contributed by atoms with van der Waals surface area (Å²) in [7, 11) is 1.68. The van der Waals surface area contributed by atoms with E-state index in [4.69, 9.17) is 4.74 Å². The van der Waals surface area contributed by atoms with Crippen LogP contribution >= 0.6 is 11.3 Å². The molecule has 0 aliphatic heterocycles. The van der Waals surface area contributed by atoms with Crippen LogP contribution in [0.25, 0.3) is 10.1 Å². The van der Waals surface area contributed by atoms with Gasteiger partial charge in [0.1, 0.15) is 5.75 Å². The zero-order valence-electron chi connectivity index (χ0n) is 11.5. The van der Waals surface area contributed by atoms with Crippen LogP contribution < -0.4 is 10.1 Å². The van der Waals surface area contributed by atoms with Crippen LogP contribution in [0.1, 0.15) is 19.4 Å². The van der Waals surface area contributed by atoms with Crippen molar-refractivity contribution >= 4 is 27.3 Å². The Balaban J connectivity index is 2.06. The summed E-state index contributed by atoms with van der Waals surface area (Å²) in [6.45, 7) is 4.49. The number of benzene rings is 1. The highest BCUT2D eigenvalue weighted by atomic mass is 32.1. The number of thiophene rings is 1. The molecular formula is C15H19NO2S. The highest BCUT2D eigenvalue weighted by Gasteiger charge is 2.08. The third kappa shape index (κ3) is 3.26. The summed E-state index contributed by atoms with van der Waals surface area (Å²) in [6.07, 6.45) is 0.853. The van der Waals surface area contributed by atoms with Crippen molar-refractivity contribution in [2.24, 2.45) is 5.92 Å². The Morgan fingerprint density at radius 1 is 1.42 bits per heavy atom. The Bertz CT molecular complexity index is 575. The molecular weight excluding hydrogens is 258 g/mol. The molecule has 4 heteroatoms. The summed E-state index contributed by atoms with van der Waals surface area (Å²) >= 11 is 1.73. The Kier molecular flexibility index (Phi) is 4.43. The van der Waals surface area contributed by atoms with E-state index in [2.05, 4.69) is 22.8 Å². The summed E-state index contributed by atoms with van der Waals surface area (Å²) in [5, 5.41) is 6.33. The number of carbonyl (C=O) groups excluding carboxylic acids is 1. The molecule has 0 spiro atoms. The number of amides is 1. The van der Waals surface area contributed by atoms with Crippen LogP contribution in [0.3, 0.4) is 0 Å². The Labute approximate surface area is 117 Å². The first kappa shape index (κ1) is 13.9. The van der Waals surface area contributed by atoms with Crippen LogP contribution in [0.5, 0.6) is 5.75 Å². The normalized spacial score (nSPS) is 10.9. The average molecular weight is 277 g/mol. The van der Waals surface area contributed by atoms with Crippen LogP contribution in [0.15, 0.2) is 23.6 Å². The fourth-order valence-corrected chi connectivity index (χ4v) is 2.88. The van der Waals surface area contributed by atoms with E-state index in [1.807, 2.05) is 19.9 Å². The summed E-state index contributed by atoms with van der Waals surface area (Å²) in [6, 6.07) is 6.11. The molecule has 3 nitrogen and oxygen atoms in total. The molecule has 0 saturated carbocycles. The van der Waals surface area contributed by atoms with E-state index in [9.17, 15) is 4.79 Å². The van der Waals surface area contributed by atoms with Gasteiger partial charge in [0.05, 0.1) is 7.11 Å². The van der Waals surface area contributed by atoms with E-state index in [1.54, 1.807) is 18.4 Å². The zero-order valence-corrected chi connectivity index (χ0v) is 12.3. The zero-order chi connectivity index (χ0) is 13.8. The van der Waals surface area contributed by atoms with Crippen LogP contribution in [-0.4, -0.2) is 19.6 Å². The largest absolute Gasteiger partial charge is 0.497 e. The van der Waals surface area contributed by atoms with Gasteiger partial charge in [-0.2, -0.15) is 0 Å². The van der Waals surface area contributed by atoms with Gasteiger partial charge in [-0.25, -0.2) is 0 Å². The molecule has 102 valence electrons. The number of ether oxygens (including phenoxy) is 1. The van der Waals surface area contributed by atoms with E-state index < -0.39 is 0 Å². The van der Waals surface area contributed by atoms with Gasteiger partial charge in [-0.15, -0.1) is 11.3 Å². The standard InChI is InChI=1S/C15H19NO2S/c1-10(2)15(17)16-7-6-11-9-19-14-5-4-12(18-3)8-13(11)14/h4-5,8-10H,6-7H2,1-3H3,(H,16,17). The van der Waals surface area contributed by atoms with Gasteiger partial charge in [-0.3, -0.25) is 4.79 Å². The maximum Gasteiger partial charge on any atom is 0.222 e. The average Bonchev–Trinajstić information content (AvgIpc) is 2.81. The SMILES string of the molecule is COc1ccc2scc(CCNC(=O)C(C)C)c2c1. The fourth-order valence-electron chi connectivity index (χ4n) is 1.91. The summed E-state index contributed by atoms with van der Waals surface area (Å²) in [5.41, 5.74) is 1.27. The molecule has 0 fully saturated rings. The van der Waals surface area contributed by atoms with Crippen molar-refractivity contribution in [3.63, 3.8) is 0 Å². The van der Waals surface area contributed by atoms with Crippen molar-refractivity contribution in [3.8, 4) is 5.75 Å². The third-order valence-corrected chi connectivity index (χ3v) is 4.09. The van der Waals surface area contributed by atoms with Gasteiger partial charge >= 0.3 is 0 Å². The molecule has 2 aromatic rings. The lowest BCUT2D eigenvalue weighted by Gasteiger charge is -2.07. The van der Waals surface area contributed by atoms with Crippen LogP contribution in [-0.2, 0) is 11.2 Å². The molecule has 0 saturated heterocycles. The fraction of sp³-hybridized carbons (Fsp3) is 0.400. The van der Waals surface area contributed by atoms with Crippen molar-refractivity contribution in [1.29, 1.82) is 0 Å². The number of carbonyl (C=O) groups is 1. The number of nitrogens with one attached hydrogen (secondary N) is 1. The van der Waals surface area contributed by atoms with E-state index in [0.29, 0.717) is 6.54 Å². The number of rotatable bonds is 5. The molecule has 1 aromatic carbocycles. The maximum atomic E-state index is 11.5. The summed E-state index contributed by atoms with van der Waals surface area (Å²) in [5.74, 6) is 1.02. The predicted octanol–water partition coefficient (Wildman–Crippen LogP) is 3.22. The van der Waals surface area contributed by atoms with Crippen LogP contribution in [0, 0.1) is 5.92 Å². The van der Waals surface area contributed by atoms with E-state index >= 15 is 0 Å². The molecule has 1 amide bonds. The van der Waals surface area contributed by atoms with Crippen molar-refractivity contribution < 1.29 is 9.53 Å². The lowest BCUT2D eigenvalue weighted by atomic mass is 10.1. The van der Waals surface area contributed by atoms with Gasteiger partial charge < -0.3 is 10.1 Å². The second-order valence-corrected chi connectivity index (χ2v) is 5.73. The van der Waals surface area contributed by atoms with Gasteiger partial charge in [-0.05, 0) is 40.9 Å². The van der Waals surface area contributed by atoms with Crippen LogP contribution in [0.2, 0.25) is 0 Å². The Morgan fingerprint density at radius 3 is 2.89 bits per heavy atom. The lowest BCUT2D eigenvalue weighted by Crippen LogP contribution is -2.29. The minimum Gasteiger partial charge on any atom is -0.497 e. The second kappa shape index (κ2) is 6.06. The van der Waals surface area contributed by atoms with Crippen molar-refractivity contribution in [2.75, 3.05) is 13.7 Å². The van der Waals surface area contributed by atoms with Gasteiger partial charge in [0.25, 0.3) is 0 Å². The molecule has 19 heavy (non-hydrogen) atoms. The van der Waals surface area contributed by atoms with Gasteiger partial charge in [0.15, 0.2) is 0 Å². The molecule has 0 bridgehead atoms. The summed E-state index contributed by atoms with van der Waals surface area (Å²) in [4.78, 5) is 11.5. The van der Waals surface area contributed by atoms with Crippen molar-refractivity contribution in [1.82, 2.24) is 5.32 Å². The Hall–Kier alpha value is -1.55. The first-order valence-electron chi connectivity index (χ1n) is 6.43. The molecule has 0 unspecified atom stereocenters. The number of fused-ring (bicyclic) bond motifs is 1. The molecule has 0 atom stereocenters. The van der Waals surface area contributed by atoms with Gasteiger partial charge in [-0.1, -0.05) is 13.8 Å². The van der Waals surface area contributed by atoms with Crippen molar-refractivity contribution in [3.05, 3.63) is 29.1 Å². The molecule has 0 aliphatic rings. The number of hydrogen-bond donors (Lipinski definition) is 1. The molecule has 1 N–H and O–H groups in total. The van der Waals surface area contributed by atoms with Crippen LogP contribution in [0.4, 0.5) is 0 Å². The maximum absolute atomic E-state index is 11.5. The first-order chi connectivity index (χ1) is 9.11. The highest BCUT2D eigenvalue weighted by Crippen LogP contribution is 2.29. The van der Waals surface area contributed by atoms with Gasteiger partial charge in [0.2, 0.25) is 5.91 Å². The molecule has 0 radical (unpaired) electrons. The second-order valence-electron chi connectivity index (χ2n) is 4.82. The van der Waals surface area contributed by atoms with Gasteiger partial charge in [0, 0.05) is 17.2 Å². The number of methoxy groups -OCH3 is 1. The summed E-state index contributed by atoms with van der Waals surface area (Å²) < 4.78 is 6.51. The number of hydrogen-bond acceptors (Lipinski definition) is 3. The topological polar surface area (TPSA) is 38.3 Å². The highest BCUT2D eigenvalue weighted by molar-refractivity contribution is 7.17. The Morgan fingerprint density at radius 2 is 2.21 bits per heavy atom. The van der Waals surface area contributed by atoms with E-state index in [-0.39, 0.29) is 11.8 Å². The molecule has 0 aliphatic carbocycles. The van der Waals surface area contributed by atoms with E-state index in [0.717, 1.165) is 12.2 Å². The minimum atomic E-state index is 0.0410. The monoisotopic (exact) mass is 277 g/mol. The quantitative estimate of drug-likeness (QED) is 0.911. The minimum absolute atomic E-state index is 0.0410. The first-order valence-corrected chi connectivity index (χ1v) is 7.31.